The van der Waals surface area contributed by atoms with Gasteiger partial charge in [0.1, 0.15) is 0 Å². The monoisotopic (exact) mass is 493 g/mol. The van der Waals surface area contributed by atoms with Gasteiger partial charge in [0.05, 0.1) is 24.3 Å². The number of likely N-dealkylation sites (tertiary alicyclic amines) is 1. The van der Waals surface area contributed by atoms with E-state index in [1.165, 1.54) is 5.56 Å². The van der Waals surface area contributed by atoms with Crippen LogP contribution < -0.4 is 20.1 Å². The Kier molecular flexibility index (Phi) is 7.06. The summed E-state index contributed by atoms with van der Waals surface area (Å²) in [4.78, 5) is 2.49. The summed E-state index contributed by atoms with van der Waals surface area (Å²) in [5, 5.41) is 8.38. The second-order valence-corrected chi connectivity index (χ2v) is 9.89. The number of benzene rings is 2. The average molecular weight is 494 g/mol. The fourth-order valence-corrected chi connectivity index (χ4v) is 5.90. The molecule has 5 nitrogen and oxygen atoms in total. The molecular weight excluding hydrogens is 465 g/mol. The number of likely N-dealkylation sites (N-methyl/N-ethyl adjacent to an activating group) is 1. The number of nitrogens with zero attached hydrogens (tertiary/aromatic N) is 1. The van der Waals surface area contributed by atoms with E-state index in [4.69, 9.17) is 44.9 Å². The topological polar surface area (TPSA) is 45.8 Å². The van der Waals surface area contributed by atoms with E-state index in [1.807, 2.05) is 12.1 Å². The Balaban J connectivity index is 1.47. The van der Waals surface area contributed by atoms with Crippen molar-refractivity contribution < 1.29 is 9.47 Å². The molecule has 2 fully saturated rings. The number of methoxy groups -OCH3 is 2. The minimum absolute atomic E-state index is 0.116. The van der Waals surface area contributed by atoms with Crippen molar-refractivity contribution in [2.45, 2.75) is 43.2 Å². The molecule has 0 bridgehead atoms. The van der Waals surface area contributed by atoms with Crippen molar-refractivity contribution in [2.75, 3.05) is 33.1 Å². The van der Waals surface area contributed by atoms with Crippen molar-refractivity contribution in [3.8, 4) is 11.5 Å². The van der Waals surface area contributed by atoms with Crippen molar-refractivity contribution in [3.05, 3.63) is 52.0 Å². The number of anilines is 1. The predicted molar refractivity (Wildman–Crippen MR) is 136 cm³/mol. The van der Waals surface area contributed by atoms with Gasteiger partial charge in [0.15, 0.2) is 16.6 Å². The van der Waals surface area contributed by atoms with Gasteiger partial charge in [0.2, 0.25) is 0 Å². The van der Waals surface area contributed by atoms with Crippen LogP contribution in [-0.4, -0.2) is 49.9 Å². The zero-order valence-corrected chi connectivity index (χ0v) is 20.9. The first-order chi connectivity index (χ1) is 15.4. The maximum Gasteiger partial charge on any atom is 0.170 e. The summed E-state index contributed by atoms with van der Waals surface area (Å²) in [6.07, 6.45) is 4.29. The number of hydrogen-bond donors (Lipinski definition) is 2. The Hall–Kier alpha value is -1.73. The number of thiocarbonyl (C=S) groups is 1. The minimum Gasteiger partial charge on any atom is -0.493 e. The molecule has 1 saturated carbocycles. The van der Waals surface area contributed by atoms with E-state index in [1.54, 1.807) is 26.4 Å². The second-order valence-electron chi connectivity index (χ2n) is 8.67. The third-order valence-electron chi connectivity index (χ3n) is 7.00. The van der Waals surface area contributed by atoms with Crippen molar-refractivity contribution in [1.82, 2.24) is 10.2 Å². The number of nitrogens with one attached hydrogen (secondary N) is 2. The van der Waals surface area contributed by atoms with Gasteiger partial charge >= 0.3 is 0 Å². The highest BCUT2D eigenvalue weighted by Crippen LogP contribution is 2.49. The van der Waals surface area contributed by atoms with E-state index >= 15 is 0 Å². The number of halogens is 2. The average Bonchev–Trinajstić information content (AvgIpc) is 3.13. The van der Waals surface area contributed by atoms with Gasteiger partial charge in [0.25, 0.3) is 0 Å². The molecule has 1 saturated heterocycles. The van der Waals surface area contributed by atoms with Crippen LogP contribution in [-0.2, 0) is 5.41 Å². The lowest BCUT2D eigenvalue weighted by Gasteiger charge is -2.45. The lowest BCUT2D eigenvalue weighted by atomic mass is 9.65. The first kappa shape index (κ1) is 23.4. The Morgan fingerprint density at radius 1 is 1.06 bits per heavy atom. The Morgan fingerprint density at radius 2 is 1.84 bits per heavy atom. The predicted octanol–water partition coefficient (Wildman–Crippen LogP) is 5.49. The van der Waals surface area contributed by atoms with Crippen LogP contribution >= 0.6 is 35.4 Å². The molecular formula is C24H29Cl2N3O2S. The molecule has 0 spiro atoms. The number of hydrogen-bond acceptors (Lipinski definition) is 4. The van der Waals surface area contributed by atoms with Crippen LogP contribution in [0.25, 0.3) is 0 Å². The molecule has 2 aromatic rings. The standard InChI is InChI=1S/C24H29Cl2N3O2S/c1-29-11-10-24(15-4-7-20(30-2)21(12-15)31-3)9-8-17(14-22(24)29)28-23(32)27-16-5-6-18(25)19(26)13-16/h4-7,12-13,17,22H,8-11,14H2,1-3H3,(H2,27,28,32)/t17-,22+,24+/m1/s1. The molecule has 3 atom stereocenters. The normalized spacial score (nSPS) is 25.2. The van der Waals surface area contributed by atoms with Gasteiger partial charge in [-0.25, -0.2) is 0 Å². The second kappa shape index (κ2) is 9.64. The van der Waals surface area contributed by atoms with Crippen LogP contribution in [0, 0.1) is 0 Å². The fourth-order valence-electron chi connectivity index (χ4n) is 5.32. The third kappa shape index (κ3) is 4.51. The summed E-state index contributed by atoms with van der Waals surface area (Å²) >= 11 is 17.7. The lowest BCUT2D eigenvalue weighted by Crippen LogP contribution is -2.52. The fraction of sp³-hybridized carbons (Fsp3) is 0.458. The molecule has 172 valence electrons. The zero-order valence-electron chi connectivity index (χ0n) is 18.6. The molecule has 0 unspecified atom stereocenters. The van der Waals surface area contributed by atoms with Gasteiger partial charge in [-0.2, -0.15) is 0 Å². The molecule has 2 aliphatic rings. The Labute approximate surface area is 205 Å². The maximum absolute atomic E-state index is 6.12. The summed E-state index contributed by atoms with van der Waals surface area (Å²) in [5.74, 6) is 1.56. The molecule has 1 heterocycles. The first-order valence-electron chi connectivity index (χ1n) is 10.8. The van der Waals surface area contributed by atoms with Crippen LogP contribution in [0.4, 0.5) is 5.69 Å². The highest BCUT2D eigenvalue weighted by Gasteiger charge is 2.50. The van der Waals surface area contributed by atoms with Crippen LogP contribution in [0.5, 0.6) is 11.5 Å². The van der Waals surface area contributed by atoms with Crippen molar-refractivity contribution in [2.24, 2.45) is 0 Å². The summed E-state index contributed by atoms with van der Waals surface area (Å²) in [6, 6.07) is 12.5. The SMILES string of the molecule is COc1ccc([C@@]23CC[C@@H](NC(=S)Nc4ccc(Cl)c(Cl)c4)C[C@@H]2N(C)CC3)cc1OC. The van der Waals surface area contributed by atoms with E-state index in [-0.39, 0.29) is 5.41 Å². The van der Waals surface area contributed by atoms with Crippen LogP contribution in [0.1, 0.15) is 31.2 Å². The van der Waals surface area contributed by atoms with Crippen LogP contribution in [0.3, 0.4) is 0 Å². The van der Waals surface area contributed by atoms with Crippen molar-refractivity contribution in [3.63, 3.8) is 0 Å². The van der Waals surface area contributed by atoms with Gasteiger partial charge in [-0.15, -0.1) is 0 Å². The number of ether oxygens (including phenoxy) is 2. The molecule has 8 heteroatoms. The highest BCUT2D eigenvalue weighted by molar-refractivity contribution is 7.80. The van der Waals surface area contributed by atoms with Crippen molar-refractivity contribution in [1.29, 1.82) is 0 Å². The molecule has 0 amide bonds. The largest absolute Gasteiger partial charge is 0.493 e. The smallest absolute Gasteiger partial charge is 0.170 e. The first-order valence-corrected chi connectivity index (χ1v) is 12.0. The minimum atomic E-state index is 0.116. The number of rotatable bonds is 5. The van der Waals surface area contributed by atoms with Crippen LogP contribution in [0.2, 0.25) is 10.0 Å². The van der Waals surface area contributed by atoms with Crippen molar-refractivity contribution >= 4 is 46.2 Å². The molecule has 1 aliphatic heterocycles. The summed E-state index contributed by atoms with van der Waals surface area (Å²) < 4.78 is 11.0. The van der Waals surface area contributed by atoms with Gasteiger partial charge in [0, 0.05) is 23.2 Å². The van der Waals surface area contributed by atoms with E-state index in [0.29, 0.717) is 27.2 Å². The van der Waals surface area contributed by atoms with E-state index < -0.39 is 0 Å². The summed E-state index contributed by atoms with van der Waals surface area (Å²) in [5.41, 5.74) is 2.27. The zero-order chi connectivity index (χ0) is 22.9. The molecule has 1 aliphatic carbocycles. The molecule has 0 aromatic heterocycles. The molecule has 0 radical (unpaired) electrons. The quantitative estimate of drug-likeness (QED) is 0.536. The Morgan fingerprint density at radius 3 is 2.56 bits per heavy atom. The summed E-state index contributed by atoms with van der Waals surface area (Å²) in [6.45, 7) is 1.08. The molecule has 2 N–H and O–H groups in total. The van der Waals surface area contributed by atoms with Gasteiger partial charge in [-0.1, -0.05) is 29.3 Å². The maximum atomic E-state index is 6.12. The summed E-state index contributed by atoms with van der Waals surface area (Å²) in [7, 11) is 5.59. The number of fused-ring (bicyclic) bond motifs is 1. The van der Waals surface area contributed by atoms with Crippen LogP contribution in [0.15, 0.2) is 36.4 Å². The van der Waals surface area contributed by atoms with Gasteiger partial charge in [-0.3, -0.25) is 0 Å². The van der Waals surface area contributed by atoms with E-state index in [2.05, 4.69) is 34.7 Å². The van der Waals surface area contributed by atoms with Gasteiger partial charge in [-0.05, 0) is 87.4 Å². The van der Waals surface area contributed by atoms with E-state index in [0.717, 1.165) is 49.4 Å². The third-order valence-corrected chi connectivity index (χ3v) is 7.96. The molecule has 32 heavy (non-hydrogen) atoms. The molecule has 2 aromatic carbocycles. The Bertz CT molecular complexity index is 1010. The molecule has 4 rings (SSSR count). The van der Waals surface area contributed by atoms with Gasteiger partial charge < -0.3 is 25.0 Å². The van der Waals surface area contributed by atoms with E-state index in [9.17, 15) is 0 Å². The highest BCUT2D eigenvalue weighted by atomic mass is 35.5. The lowest BCUT2D eigenvalue weighted by molar-refractivity contribution is 0.161.